The minimum absolute atomic E-state index is 0.0314. The summed E-state index contributed by atoms with van der Waals surface area (Å²) in [6.45, 7) is 2.30. The largest absolute Gasteiger partial charge is 0.392 e. The van der Waals surface area contributed by atoms with Crippen LogP contribution in [-0.4, -0.2) is 30.3 Å². The van der Waals surface area contributed by atoms with Gasteiger partial charge in [-0.15, -0.1) is 0 Å². The maximum atomic E-state index is 12.0. The Balaban J connectivity index is 1.99. The molecule has 1 aromatic heterocycles. The molecule has 1 aromatic rings. The molecule has 6 nitrogen and oxygen atoms in total. The van der Waals surface area contributed by atoms with E-state index in [1.165, 1.54) is 12.6 Å². The van der Waals surface area contributed by atoms with Crippen LogP contribution < -0.4 is 4.72 Å². The molecule has 1 aliphatic rings. The van der Waals surface area contributed by atoms with Crippen molar-refractivity contribution in [3.05, 3.63) is 11.8 Å². The summed E-state index contributed by atoms with van der Waals surface area (Å²) >= 11 is 0. The number of nitrogens with zero attached hydrogens (tertiary/aromatic N) is 1. The van der Waals surface area contributed by atoms with Gasteiger partial charge >= 0.3 is 0 Å². The van der Waals surface area contributed by atoms with E-state index in [9.17, 15) is 8.42 Å². The fourth-order valence-electron chi connectivity index (χ4n) is 2.45. The summed E-state index contributed by atoms with van der Waals surface area (Å²) in [5.41, 5.74) is 0.294. The molecule has 18 heavy (non-hydrogen) atoms. The molecule has 0 aliphatic heterocycles. The Morgan fingerprint density at radius 2 is 2.33 bits per heavy atom. The third kappa shape index (κ3) is 2.90. The number of rotatable bonds is 5. The highest BCUT2D eigenvalue weighted by molar-refractivity contribution is 7.89. The number of hydrogen-bond donors (Lipinski definition) is 3. The van der Waals surface area contributed by atoms with Crippen molar-refractivity contribution >= 4 is 10.0 Å². The molecule has 0 aromatic carbocycles. The van der Waals surface area contributed by atoms with E-state index in [1.54, 1.807) is 0 Å². The second kappa shape index (κ2) is 5.38. The maximum Gasteiger partial charge on any atom is 0.257 e. The molecule has 1 fully saturated rings. The van der Waals surface area contributed by atoms with Crippen LogP contribution in [0.15, 0.2) is 11.2 Å². The zero-order chi connectivity index (χ0) is 13.2. The van der Waals surface area contributed by atoms with Crippen LogP contribution in [0, 0.1) is 11.8 Å². The highest BCUT2D eigenvalue weighted by Crippen LogP contribution is 2.29. The number of aromatic amines is 1. The summed E-state index contributed by atoms with van der Waals surface area (Å²) in [6.07, 6.45) is 4.63. The van der Waals surface area contributed by atoms with Crippen molar-refractivity contribution in [3.8, 4) is 0 Å². The molecular weight excluding hydrogens is 254 g/mol. The smallest absolute Gasteiger partial charge is 0.257 e. The van der Waals surface area contributed by atoms with Crippen molar-refractivity contribution in [2.24, 2.45) is 11.8 Å². The second-order valence-electron chi connectivity index (χ2n) is 5.02. The highest BCUT2D eigenvalue weighted by atomic mass is 32.2. The molecule has 1 aliphatic carbocycles. The molecule has 0 spiro atoms. The molecule has 102 valence electrons. The maximum absolute atomic E-state index is 12.0. The molecule has 2 unspecified atom stereocenters. The standard InChI is InChI=1S/C11H19N3O3S/c1-8-2-3-9(4-8)5-13-18(16,17)11-10(7-15)6-12-14-11/h6,8-9,13,15H,2-5,7H2,1H3,(H,12,14). The van der Waals surface area contributed by atoms with Gasteiger partial charge in [-0.2, -0.15) is 5.10 Å². The Morgan fingerprint density at radius 3 is 2.94 bits per heavy atom. The predicted molar refractivity (Wildman–Crippen MR) is 66.2 cm³/mol. The lowest BCUT2D eigenvalue weighted by molar-refractivity contribution is 0.278. The number of nitrogens with one attached hydrogen (secondary N) is 2. The topological polar surface area (TPSA) is 95.1 Å². The number of H-pyrrole nitrogens is 1. The summed E-state index contributed by atoms with van der Waals surface area (Å²) in [4.78, 5) is 0. The summed E-state index contributed by atoms with van der Waals surface area (Å²) in [5.74, 6) is 1.09. The molecule has 0 amide bonds. The first kappa shape index (κ1) is 13.5. The van der Waals surface area contributed by atoms with Crippen LogP contribution >= 0.6 is 0 Å². The molecule has 0 radical (unpaired) electrons. The van der Waals surface area contributed by atoms with Gasteiger partial charge in [0, 0.05) is 12.1 Å². The van der Waals surface area contributed by atoms with Gasteiger partial charge in [0.15, 0.2) is 5.03 Å². The van der Waals surface area contributed by atoms with Gasteiger partial charge in [0.05, 0.1) is 12.8 Å². The first-order valence-electron chi connectivity index (χ1n) is 6.15. The zero-order valence-corrected chi connectivity index (χ0v) is 11.2. The van der Waals surface area contributed by atoms with Crippen molar-refractivity contribution in [2.75, 3.05) is 6.54 Å². The van der Waals surface area contributed by atoms with Gasteiger partial charge in [0.25, 0.3) is 10.0 Å². The monoisotopic (exact) mass is 273 g/mol. The van der Waals surface area contributed by atoms with Gasteiger partial charge in [0.2, 0.25) is 0 Å². The summed E-state index contributed by atoms with van der Waals surface area (Å²) in [6, 6.07) is 0. The van der Waals surface area contributed by atoms with E-state index in [0.29, 0.717) is 23.9 Å². The van der Waals surface area contributed by atoms with Crippen molar-refractivity contribution in [3.63, 3.8) is 0 Å². The van der Waals surface area contributed by atoms with Gasteiger partial charge in [0.1, 0.15) is 0 Å². The van der Waals surface area contributed by atoms with Crippen LogP contribution in [0.1, 0.15) is 31.7 Å². The number of aliphatic hydroxyl groups is 1. The molecule has 2 atom stereocenters. The lowest BCUT2D eigenvalue weighted by Crippen LogP contribution is -2.29. The van der Waals surface area contributed by atoms with Gasteiger partial charge in [-0.25, -0.2) is 13.1 Å². The van der Waals surface area contributed by atoms with Crippen LogP contribution in [0.5, 0.6) is 0 Å². The van der Waals surface area contributed by atoms with Gasteiger partial charge in [-0.1, -0.05) is 13.3 Å². The Morgan fingerprint density at radius 1 is 1.56 bits per heavy atom. The molecule has 7 heteroatoms. The van der Waals surface area contributed by atoms with E-state index in [4.69, 9.17) is 5.11 Å². The van der Waals surface area contributed by atoms with E-state index in [-0.39, 0.29) is 11.6 Å². The van der Waals surface area contributed by atoms with Crippen molar-refractivity contribution < 1.29 is 13.5 Å². The highest BCUT2D eigenvalue weighted by Gasteiger charge is 2.25. The molecule has 0 saturated heterocycles. The Labute approximate surface area is 107 Å². The second-order valence-corrected chi connectivity index (χ2v) is 6.72. The van der Waals surface area contributed by atoms with E-state index < -0.39 is 10.0 Å². The van der Waals surface area contributed by atoms with Crippen LogP contribution in [0.2, 0.25) is 0 Å². The van der Waals surface area contributed by atoms with Crippen molar-refractivity contribution in [2.45, 2.75) is 37.8 Å². The quantitative estimate of drug-likeness (QED) is 0.732. The van der Waals surface area contributed by atoms with E-state index in [2.05, 4.69) is 21.8 Å². The predicted octanol–water partition coefficient (Wildman–Crippen LogP) is 0.617. The van der Waals surface area contributed by atoms with Gasteiger partial charge in [-0.3, -0.25) is 5.10 Å². The van der Waals surface area contributed by atoms with E-state index in [1.807, 2.05) is 0 Å². The number of sulfonamides is 1. The first-order chi connectivity index (χ1) is 8.53. The minimum atomic E-state index is -3.59. The normalized spacial score (nSPS) is 24.6. The fraction of sp³-hybridized carbons (Fsp3) is 0.727. The van der Waals surface area contributed by atoms with Gasteiger partial charge in [-0.05, 0) is 24.7 Å². The summed E-state index contributed by atoms with van der Waals surface area (Å²) in [5, 5.41) is 15.1. The Hall–Kier alpha value is -0.920. The van der Waals surface area contributed by atoms with Crippen LogP contribution in [0.4, 0.5) is 0 Å². The van der Waals surface area contributed by atoms with Crippen LogP contribution in [-0.2, 0) is 16.6 Å². The summed E-state index contributed by atoms with van der Waals surface area (Å²) in [7, 11) is -3.59. The average molecular weight is 273 g/mol. The molecular formula is C11H19N3O3S. The molecule has 2 rings (SSSR count). The lowest BCUT2D eigenvalue weighted by atomic mass is 10.1. The Bertz CT molecular complexity index is 497. The number of aliphatic hydroxyl groups excluding tert-OH is 1. The van der Waals surface area contributed by atoms with Crippen molar-refractivity contribution in [1.29, 1.82) is 0 Å². The van der Waals surface area contributed by atoms with Crippen LogP contribution in [0.25, 0.3) is 0 Å². The third-order valence-electron chi connectivity index (χ3n) is 3.48. The average Bonchev–Trinajstić information content (AvgIpc) is 2.95. The molecule has 3 N–H and O–H groups in total. The summed E-state index contributed by atoms with van der Waals surface area (Å²) < 4.78 is 26.6. The van der Waals surface area contributed by atoms with E-state index in [0.717, 1.165) is 12.8 Å². The molecule has 1 saturated carbocycles. The minimum Gasteiger partial charge on any atom is -0.392 e. The Kier molecular flexibility index (Phi) is 4.04. The van der Waals surface area contributed by atoms with E-state index >= 15 is 0 Å². The number of hydrogen-bond acceptors (Lipinski definition) is 4. The molecule has 0 bridgehead atoms. The third-order valence-corrected chi connectivity index (χ3v) is 4.92. The van der Waals surface area contributed by atoms with Crippen LogP contribution in [0.3, 0.4) is 0 Å². The SMILES string of the molecule is CC1CCC(CNS(=O)(=O)c2[nH]ncc2CO)C1. The number of aromatic nitrogens is 2. The molecule has 1 heterocycles. The first-order valence-corrected chi connectivity index (χ1v) is 7.64. The fourth-order valence-corrected chi connectivity index (χ4v) is 3.69. The zero-order valence-electron chi connectivity index (χ0n) is 10.4. The van der Waals surface area contributed by atoms with Crippen molar-refractivity contribution in [1.82, 2.24) is 14.9 Å². The lowest BCUT2D eigenvalue weighted by Gasteiger charge is -2.11. The van der Waals surface area contributed by atoms with Gasteiger partial charge < -0.3 is 5.11 Å².